The first-order valence-corrected chi connectivity index (χ1v) is 20.7. The predicted octanol–water partition coefficient (Wildman–Crippen LogP) is 4.33. The van der Waals surface area contributed by atoms with Crippen LogP contribution in [0.25, 0.3) is 0 Å². The minimum absolute atomic E-state index is 0.713. The van der Waals surface area contributed by atoms with Gasteiger partial charge in [0.1, 0.15) is 0 Å². The summed E-state index contributed by atoms with van der Waals surface area (Å²) in [5.74, 6) is 0. The first-order chi connectivity index (χ1) is 9.18. The molecule has 0 rings (SSSR count). The molecule has 126 valence electrons. The Bertz CT molecular complexity index is 334. The molecule has 0 bridgehead atoms. The van der Waals surface area contributed by atoms with E-state index in [2.05, 4.69) is 65.5 Å². The summed E-state index contributed by atoms with van der Waals surface area (Å²) in [5.41, 5.74) is 2.00. The smallest absolute Gasteiger partial charge is 0.236 e. The summed E-state index contributed by atoms with van der Waals surface area (Å²) in [4.78, 5) is 0. The fraction of sp³-hybridized carbons (Fsp3) is 0.857. The third-order valence-electron chi connectivity index (χ3n) is 2.87. The summed E-state index contributed by atoms with van der Waals surface area (Å²) in [5, 5.41) is 0. The highest BCUT2D eigenvalue weighted by molar-refractivity contribution is 6.81. The molecule has 0 aromatic heterocycles. The Balaban J connectivity index is 4.45. The van der Waals surface area contributed by atoms with Crippen LogP contribution in [0.2, 0.25) is 58.9 Å². The molecule has 0 aliphatic rings. The highest BCUT2D eigenvalue weighted by Crippen LogP contribution is 2.16. The predicted molar refractivity (Wildman–Crippen MR) is 104 cm³/mol. The van der Waals surface area contributed by atoms with Crippen molar-refractivity contribution in [3.05, 3.63) is 12.3 Å². The Hall–Kier alpha value is 0.488. The second kappa shape index (κ2) is 7.85. The van der Waals surface area contributed by atoms with E-state index in [1.165, 1.54) is 0 Å². The van der Waals surface area contributed by atoms with Crippen molar-refractivity contribution in [1.82, 2.24) is 0 Å². The van der Waals surface area contributed by atoms with Crippen LogP contribution in [0.3, 0.4) is 0 Å². The number of rotatable bonds is 10. The Labute approximate surface area is 136 Å². The lowest BCUT2D eigenvalue weighted by Gasteiger charge is -2.33. The summed E-state index contributed by atoms with van der Waals surface area (Å²) in [6.45, 7) is 24.3. The van der Waals surface area contributed by atoms with Crippen molar-refractivity contribution < 1.29 is 13.3 Å². The van der Waals surface area contributed by atoms with Gasteiger partial charge in [-0.05, 0) is 39.3 Å². The van der Waals surface area contributed by atoms with Crippen molar-refractivity contribution in [3.8, 4) is 0 Å². The van der Waals surface area contributed by atoms with Crippen LogP contribution in [0.1, 0.15) is 0 Å². The quantitative estimate of drug-likeness (QED) is 0.540. The molecule has 3 nitrogen and oxygen atoms in total. The lowest BCUT2D eigenvalue weighted by Crippen LogP contribution is -2.49. The van der Waals surface area contributed by atoms with Crippen LogP contribution in [0.4, 0.5) is 0 Å². The van der Waals surface area contributed by atoms with E-state index in [9.17, 15) is 0 Å². The molecule has 0 N–H and O–H groups in total. The van der Waals surface area contributed by atoms with Crippen molar-refractivity contribution in [2.75, 3.05) is 18.7 Å². The summed E-state index contributed by atoms with van der Waals surface area (Å²) in [6, 6.07) is 0. The minimum atomic E-state index is -1.98. The molecule has 0 aromatic rings. The maximum atomic E-state index is 6.27. The minimum Gasteiger partial charge on any atom is -0.418 e. The highest BCUT2D eigenvalue weighted by atomic mass is 28.4. The fourth-order valence-electron chi connectivity index (χ4n) is 1.31. The van der Waals surface area contributed by atoms with Gasteiger partial charge in [0.2, 0.25) is 16.6 Å². The third kappa shape index (κ3) is 11.7. The monoisotopic (exact) mass is 364 g/mol. The van der Waals surface area contributed by atoms with Gasteiger partial charge in [0.05, 0.1) is 20.5 Å². The van der Waals surface area contributed by atoms with E-state index in [0.717, 1.165) is 12.5 Å². The molecule has 0 fully saturated rings. The molecule has 7 heteroatoms. The second-order valence-corrected chi connectivity index (χ2v) is 26.4. The van der Waals surface area contributed by atoms with Gasteiger partial charge >= 0.3 is 0 Å². The SMILES string of the molecule is C=C[Si](C)(CO[Si](C)(C)C)OC[Si](C)(C)OC[Si](C)(C)C. The Morgan fingerprint density at radius 3 is 1.62 bits per heavy atom. The average molecular weight is 365 g/mol. The second-order valence-electron chi connectivity index (χ2n) is 8.82. The van der Waals surface area contributed by atoms with E-state index in [-0.39, 0.29) is 0 Å². The summed E-state index contributed by atoms with van der Waals surface area (Å²) in [6.07, 6.45) is 2.37. The van der Waals surface area contributed by atoms with Gasteiger partial charge in [-0.2, -0.15) is 0 Å². The standard InChI is InChI=1S/C14H36O3Si4/c1-11-21(10,14-15-19(5,6)7)17-13-20(8,9)16-12-18(2,3)4/h11H,1,12-14H2,2-10H3. The molecule has 0 aliphatic carbocycles. The van der Waals surface area contributed by atoms with E-state index in [1.54, 1.807) is 0 Å². The molecule has 0 spiro atoms. The molecule has 0 amide bonds. The number of hydrogen-bond acceptors (Lipinski definition) is 3. The normalized spacial score (nSPS) is 16.6. The number of hydrogen-bond donors (Lipinski definition) is 0. The third-order valence-corrected chi connectivity index (χ3v) is 9.91. The van der Waals surface area contributed by atoms with Gasteiger partial charge in [0, 0.05) is 6.23 Å². The Morgan fingerprint density at radius 1 is 0.714 bits per heavy atom. The Morgan fingerprint density at radius 2 is 1.24 bits per heavy atom. The zero-order chi connectivity index (χ0) is 16.9. The Kier molecular flexibility index (Phi) is 8.03. The van der Waals surface area contributed by atoms with E-state index in [4.69, 9.17) is 13.3 Å². The first kappa shape index (κ1) is 21.5. The summed E-state index contributed by atoms with van der Waals surface area (Å²) < 4.78 is 18.5. The molecular formula is C14H36O3Si4. The van der Waals surface area contributed by atoms with Gasteiger partial charge in [-0.3, -0.25) is 0 Å². The molecule has 0 aromatic carbocycles. The van der Waals surface area contributed by atoms with Crippen molar-refractivity contribution >= 4 is 33.0 Å². The van der Waals surface area contributed by atoms with Gasteiger partial charge in [-0.1, -0.05) is 25.3 Å². The zero-order valence-corrected chi connectivity index (χ0v) is 19.6. The lowest BCUT2D eigenvalue weighted by atomic mass is 11.3. The van der Waals surface area contributed by atoms with Crippen molar-refractivity contribution in [2.45, 2.75) is 58.9 Å². The average Bonchev–Trinajstić information content (AvgIpc) is 2.30. The van der Waals surface area contributed by atoms with Gasteiger partial charge in [-0.25, -0.2) is 0 Å². The van der Waals surface area contributed by atoms with Crippen LogP contribution in [-0.4, -0.2) is 51.7 Å². The van der Waals surface area contributed by atoms with Crippen LogP contribution in [0, 0.1) is 0 Å². The van der Waals surface area contributed by atoms with Crippen molar-refractivity contribution in [2.24, 2.45) is 0 Å². The van der Waals surface area contributed by atoms with Gasteiger partial charge in [0.15, 0.2) is 8.32 Å². The molecule has 21 heavy (non-hydrogen) atoms. The largest absolute Gasteiger partial charge is 0.418 e. The summed E-state index contributed by atoms with van der Waals surface area (Å²) >= 11 is 0. The maximum Gasteiger partial charge on any atom is 0.236 e. The van der Waals surface area contributed by atoms with Gasteiger partial charge in [-0.15, -0.1) is 6.58 Å². The van der Waals surface area contributed by atoms with E-state index >= 15 is 0 Å². The fourth-order valence-corrected chi connectivity index (χ4v) is 10.6. The topological polar surface area (TPSA) is 27.7 Å². The summed E-state index contributed by atoms with van der Waals surface area (Å²) in [7, 11) is -6.40. The van der Waals surface area contributed by atoms with Crippen LogP contribution in [0.5, 0.6) is 0 Å². The van der Waals surface area contributed by atoms with Gasteiger partial charge in [0.25, 0.3) is 0 Å². The van der Waals surface area contributed by atoms with Gasteiger partial charge < -0.3 is 13.3 Å². The first-order valence-electron chi connectivity index (χ1n) is 7.74. The van der Waals surface area contributed by atoms with Crippen LogP contribution in [-0.2, 0) is 13.3 Å². The molecule has 0 saturated heterocycles. The molecular weight excluding hydrogens is 328 g/mol. The van der Waals surface area contributed by atoms with Crippen molar-refractivity contribution in [3.63, 3.8) is 0 Å². The highest BCUT2D eigenvalue weighted by Gasteiger charge is 2.33. The molecule has 0 aliphatic heterocycles. The zero-order valence-electron chi connectivity index (χ0n) is 15.6. The molecule has 0 saturated carbocycles. The maximum absolute atomic E-state index is 6.27. The van der Waals surface area contributed by atoms with Crippen LogP contribution in [0.15, 0.2) is 12.3 Å². The molecule has 1 unspecified atom stereocenters. The molecule has 1 atom stereocenters. The lowest BCUT2D eigenvalue weighted by molar-refractivity contribution is 0.276. The van der Waals surface area contributed by atoms with E-state index in [0.29, 0.717) is 6.23 Å². The van der Waals surface area contributed by atoms with E-state index < -0.39 is 33.0 Å². The van der Waals surface area contributed by atoms with Crippen molar-refractivity contribution in [1.29, 1.82) is 0 Å². The molecule has 0 heterocycles. The molecule has 0 radical (unpaired) electrons. The van der Waals surface area contributed by atoms with E-state index in [1.807, 2.05) is 5.70 Å². The van der Waals surface area contributed by atoms with Crippen LogP contribution >= 0.6 is 0 Å². The van der Waals surface area contributed by atoms with Crippen LogP contribution < -0.4 is 0 Å².